The number of hydrogen-bond donors (Lipinski definition) is 1. The van der Waals surface area contributed by atoms with Crippen molar-refractivity contribution in [3.8, 4) is 0 Å². The monoisotopic (exact) mass is 346 g/mol. The van der Waals surface area contributed by atoms with Crippen molar-refractivity contribution in [1.29, 1.82) is 0 Å². The minimum atomic E-state index is -0.324. The van der Waals surface area contributed by atoms with Crippen LogP contribution in [0.5, 0.6) is 0 Å². The Labute approximate surface area is 145 Å². The molecule has 2 aromatic rings. The Kier molecular flexibility index (Phi) is 5.03. The van der Waals surface area contributed by atoms with Gasteiger partial charge < -0.3 is 9.80 Å². The van der Waals surface area contributed by atoms with E-state index >= 15 is 0 Å². The summed E-state index contributed by atoms with van der Waals surface area (Å²) in [4.78, 5) is 28.6. The molecule has 0 bridgehead atoms. The maximum Gasteiger partial charge on any atom is 0.272 e. The van der Waals surface area contributed by atoms with Gasteiger partial charge in [-0.15, -0.1) is 0 Å². The number of amides is 1. The number of carbonyl (C=O) groups excluding carboxylic acids is 1. The molecule has 1 saturated heterocycles. The van der Waals surface area contributed by atoms with E-state index in [9.17, 15) is 14.0 Å². The van der Waals surface area contributed by atoms with Gasteiger partial charge in [-0.1, -0.05) is 18.2 Å². The summed E-state index contributed by atoms with van der Waals surface area (Å²) in [6, 6.07) is 7.81. The molecular weight excluding hydrogens is 323 g/mol. The second-order valence-electron chi connectivity index (χ2n) is 6.63. The molecule has 0 radical (unpaired) electrons. The smallest absolute Gasteiger partial charge is 0.272 e. The molecular formula is C18H23FN4O2. The second kappa shape index (κ2) is 7.23. The molecule has 1 amide bonds. The van der Waals surface area contributed by atoms with Gasteiger partial charge in [-0.3, -0.25) is 19.4 Å². The van der Waals surface area contributed by atoms with Gasteiger partial charge in [-0.05, 0) is 39.0 Å². The number of benzene rings is 1. The first-order valence-electron chi connectivity index (χ1n) is 8.44. The third-order valence-electron chi connectivity index (χ3n) is 4.81. The predicted octanol–water partition coefficient (Wildman–Crippen LogP) is 1.59. The minimum Gasteiger partial charge on any atom is -0.330 e. The predicted molar refractivity (Wildman–Crippen MR) is 92.8 cm³/mol. The van der Waals surface area contributed by atoms with Crippen molar-refractivity contribution < 1.29 is 9.18 Å². The zero-order chi connectivity index (χ0) is 18.0. The molecule has 3 rings (SSSR count). The zero-order valence-electron chi connectivity index (χ0n) is 14.5. The summed E-state index contributed by atoms with van der Waals surface area (Å²) < 4.78 is 15.4. The van der Waals surface area contributed by atoms with E-state index < -0.39 is 0 Å². The van der Waals surface area contributed by atoms with E-state index in [1.165, 1.54) is 16.8 Å². The average Bonchev–Trinajstić information content (AvgIpc) is 2.94. The van der Waals surface area contributed by atoms with Gasteiger partial charge >= 0.3 is 0 Å². The molecule has 0 spiro atoms. The van der Waals surface area contributed by atoms with Gasteiger partial charge in [-0.2, -0.15) is 0 Å². The Balaban J connectivity index is 1.89. The molecule has 1 aromatic carbocycles. The number of nitrogens with zero attached hydrogens (tertiary/aromatic N) is 3. The molecule has 1 N–H and O–H groups in total. The largest absolute Gasteiger partial charge is 0.330 e. The number of piperidine rings is 1. The Morgan fingerprint density at radius 2 is 1.96 bits per heavy atom. The molecule has 6 nitrogen and oxygen atoms in total. The summed E-state index contributed by atoms with van der Waals surface area (Å²) >= 11 is 0. The van der Waals surface area contributed by atoms with Gasteiger partial charge in [0.05, 0.1) is 0 Å². The molecule has 0 atom stereocenters. The quantitative estimate of drug-likeness (QED) is 0.915. The SMILES string of the molecule is CN1CCC(N(Cc2ccccc2F)C(=O)c2cc(=O)n(C)[nH]2)CC1. The molecule has 1 aliphatic heterocycles. The van der Waals surface area contributed by atoms with Crippen LogP contribution in [-0.4, -0.2) is 51.7 Å². The van der Waals surface area contributed by atoms with Crippen molar-refractivity contribution in [2.45, 2.75) is 25.4 Å². The van der Waals surface area contributed by atoms with Crippen LogP contribution < -0.4 is 5.56 Å². The van der Waals surface area contributed by atoms with Crippen molar-refractivity contribution in [2.75, 3.05) is 20.1 Å². The van der Waals surface area contributed by atoms with Crippen LogP contribution in [-0.2, 0) is 13.6 Å². The van der Waals surface area contributed by atoms with Crippen LogP contribution in [0, 0.1) is 5.82 Å². The average molecular weight is 346 g/mol. The summed E-state index contributed by atoms with van der Waals surface area (Å²) in [5, 5.41) is 2.78. The Morgan fingerprint density at radius 1 is 1.28 bits per heavy atom. The molecule has 1 aliphatic rings. The Hall–Kier alpha value is -2.41. The van der Waals surface area contributed by atoms with E-state index in [1.807, 2.05) is 7.05 Å². The molecule has 134 valence electrons. The highest BCUT2D eigenvalue weighted by atomic mass is 19.1. The van der Waals surface area contributed by atoms with Crippen molar-refractivity contribution in [2.24, 2.45) is 7.05 Å². The number of aromatic amines is 1. The third-order valence-corrected chi connectivity index (χ3v) is 4.81. The topological polar surface area (TPSA) is 61.3 Å². The fraction of sp³-hybridized carbons (Fsp3) is 0.444. The second-order valence-corrected chi connectivity index (χ2v) is 6.63. The summed E-state index contributed by atoms with van der Waals surface area (Å²) in [5.74, 6) is -0.592. The number of hydrogen-bond acceptors (Lipinski definition) is 3. The van der Waals surface area contributed by atoms with Gasteiger partial charge in [0, 0.05) is 31.3 Å². The molecule has 0 unspecified atom stereocenters. The Morgan fingerprint density at radius 3 is 2.56 bits per heavy atom. The molecule has 25 heavy (non-hydrogen) atoms. The lowest BCUT2D eigenvalue weighted by molar-refractivity contribution is 0.0560. The van der Waals surface area contributed by atoms with Gasteiger partial charge in [0.1, 0.15) is 11.5 Å². The third kappa shape index (κ3) is 3.82. The lowest BCUT2D eigenvalue weighted by atomic mass is 10.0. The highest BCUT2D eigenvalue weighted by Gasteiger charge is 2.29. The molecule has 0 saturated carbocycles. The summed E-state index contributed by atoms with van der Waals surface area (Å²) in [6.45, 7) is 1.96. The van der Waals surface area contributed by atoms with Crippen LogP contribution >= 0.6 is 0 Å². The van der Waals surface area contributed by atoms with Gasteiger partial charge in [0.2, 0.25) is 0 Å². The minimum absolute atomic E-state index is 0.0204. The highest BCUT2D eigenvalue weighted by molar-refractivity contribution is 5.92. The summed E-state index contributed by atoms with van der Waals surface area (Å²) in [7, 11) is 3.61. The fourth-order valence-electron chi connectivity index (χ4n) is 3.24. The number of carbonyl (C=O) groups is 1. The lowest BCUT2D eigenvalue weighted by Crippen LogP contribution is -2.46. The van der Waals surface area contributed by atoms with E-state index in [1.54, 1.807) is 30.1 Å². The standard InChI is InChI=1S/C18H23FN4O2/c1-21-9-7-14(8-10-21)23(12-13-5-3-4-6-15(13)19)18(25)16-11-17(24)22(2)20-16/h3-6,11,14,20H,7-10,12H2,1-2H3. The van der Waals surface area contributed by atoms with Crippen LogP contribution in [0.1, 0.15) is 28.9 Å². The number of aryl methyl sites for hydroxylation is 1. The summed E-state index contributed by atoms with van der Waals surface area (Å²) in [5.41, 5.74) is 0.452. The number of rotatable bonds is 4. The molecule has 1 aromatic heterocycles. The Bertz CT molecular complexity index is 805. The van der Waals surface area contributed by atoms with E-state index in [2.05, 4.69) is 10.00 Å². The number of likely N-dealkylation sites (tertiary alicyclic amines) is 1. The van der Waals surface area contributed by atoms with Crippen LogP contribution in [0.25, 0.3) is 0 Å². The number of nitrogens with one attached hydrogen (secondary N) is 1. The van der Waals surface area contributed by atoms with Crippen LogP contribution in [0.2, 0.25) is 0 Å². The van der Waals surface area contributed by atoms with Crippen molar-refractivity contribution in [3.05, 3.63) is 57.8 Å². The van der Waals surface area contributed by atoms with Gasteiger partial charge in [-0.25, -0.2) is 4.39 Å². The van der Waals surface area contributed by atoms with Crippen LogP contribution in [0.15, 0.2) is 35.1 Å². The van der Waals surface area contributed by atoms with E-state index in [-0.39, 0.29) is 35.6 Å². The van der Waals surface area contributed by atoms with Crippen LogP contribution in [0.4, 0.5) is 4.39 Å². The molecule has 7 heteroatoms. The maximum absolute atomic E-state index is 14.1. The summed E-state index contributed by atoms with van der Waals surface area (Å²) in [6.07, 6.45) is 1.65. The fourth-order valence-corrected chi connectivity index (χ4v) is 3.24. The van der Waals surface area contributed by atoms with Crippen molar-refractivity contribution in [3.63, 3.8) is 0 Å². The highest BCUT2D eigenvalue weighted by Crippen LogP contribution is 2.21. The van der Waals surface area contributed by atoms with Gasteiger partial charge in [0.15, 0.2) is 0 Å². The number of H-pyrrole nitrogens is 1. The first-order valence-corrected chi connectivity index (χ1v) is 8.44. The normalized spacial score (nSPS) is 16.1. The van der Waals surface area contributed by atoms with E-state index in [0.717, 1.165) is 25.9 Å². The van der Waals surface area contributed by atoms with E-state index in [0.29, 0.717) is 5.56 Å². The molecule has 1 fully saturated rings. The van der Waals surface area contributed by atoms with E-state index in [4.69, 9.17) is 0 Å². The molecule has 0 aliphatic carbocycles. The number of halogens is 1. The lowest BCUT2D eigenvalue weighted by Gasteiger charge is -2.37. The molecule has 2 heterocycles. The van der Waals surface area contributed by atoms with Gasteiger partial charge in [0.25, 0.3) is 11.5 Å². The van der Waals surface area contributed by atoms with Crippen molar-refractivity contribution >= 4 is 5.91 Å². The zero-order valence-corrected chi connectivity index (χ0v) is 14.5. The first-order chi connectivity index (χ1) is 12.0. The maximum atomic E-state index is 14.1. The number of aromatic nitrogens is 2. The first kappa shape index (κ1) is 17.4. The van der Waals surface area contributed by atoms with Crippen LogP contribution in [0.3, 0.4) is 0 Å². The van der Waals surface area contributed by atoms with Crippen molar-refractivity contribution in [1.82, 2.24) is 19.6 Å².